The van der Waals surface area contributed by atoms with Crippen molar-refractivity contribution in [3.63, 3.8) is 0 Å². The number of aryl methyl sites for hydroxylation is 4. The summed E-state index contributed by atoms with van der Waals surface area (Å²) in [5.74, 6) is 0. The maximum atomic E-state index is 2.38. The van der Waals surface area contributed by atoms with E-state index in [1.165, 1.54) is 69.7 Å². The Morgan fingerprint density at radius 1 is 0.531 bits per heavy atom. The molecule has 0 radical (unpaired) electrons. The Morgan fingerprint density at radius 3 is 1.62 bits per heavy atom. The molecule has 0 amide bonds. The number of rotatable bonds is 5. The Bertz CT molecular complexity index is 1230. The van der Waals surface area contributed by atoms with Crippen molar-refractivity contribution >= 4 is 29.2 Å². The van der Waals surface area contributed by atoms with Crippen LogP contribution < -0.4 is 4.90 Å². The van der Waals surface area contributed by atoms with Gasteiger partial charge < -0.3 is 4.90 Å². The zero-order valence-electron chi connectivity index (χ0n) is 18.9. The summed E-state index contributed by atoms with van der Waals surface area (Å²) in [5, 5.41) is 0. The molecule has 0 atom stereocenters. The topological polar surface area (TPSA) is 3.24 Å². The highest BCUT2D eigenvalue weighted by atomic mass is 15.1. The third kappa shape index (κ3) is 4.38. The summed E-state index contributed by atoms with van der Waals surface area (Å²) < 4.78 is 0. The molecule has 0 fully saturated rings. The lowest BCUT2D eigenvalue weighted by Crippen LogP contribution is -2.10. The van der Waals surface area contributed by atoms with Gasteiger partial charge in [0.25, 0.3) is 0 Å². The number of benzene rings is 4. The van der Waals surface area contributed by atoms with Crippen LogP contribution in [0.2, 0.25) is 0 Å². The first-order valence-electron chi connectivity index (χ1n) is 11.5. The minimum absolute atomic E-state index is 1.18. The van der Waals surface area contributed by atoms with E-state index in [4.69, 9.17) is 0 Å². The van der Waals surface area contributed by atoms with Crippen LogP contribution in [0.4, 0.5) is 17.1 Å². The Morgan fingerprint density at radius 2 is 1.00 bits per heavy atom. The van der Waals surface area contributed by atoms with Crippen molar-refractivity contribution in [1.82, 2.24) is 0 Å². The van der Waals surface area contributed by atoms with Crippen LogP contribution in [0.1, 0.15) is 39.8 Å². The van der Waals surface area contributed by atoms with Gasteiger partial charge in [-0.25, -0.2) is 0 Å². The van der Waals surface area contributed by atoms with Gasteiger partial charge in [-0.15, -0.1) is 0 Å². The molecular formula is C31H29N. The quantitative estimate of drug-likeness (QED) is 0.296. The predicted molar refractivity (Wildman–Crippen MR) is 138 cm³/mol. The molecule has 32 heavy (non-hydrogen) atoms. The third-order valence-electron chi connectivity index (χ3n) is 6.33. The normalized spacial score (nSPS) is 12.8. The predicted octanol–water partition coefficient (Wildman–Crippen LogP) is 8.43. The fourth-order valence-corrected chi connectivity index (χ4v) is 4.44. The SMILES string of the molecule is Cc1ccc(C=Cc2ccc(N(c3ccc(C)cc3)c3ccc4c(c3)CCC4)cc2)cc1. The zero-order chi connectivity index (χ0) is 21.9. The maximum Gasteiger partial charge on any atom is 0.0464 e. The first kappa shape index (κ1) is 20.3. The van der Waals surface area contributed by atoms with Gasteiger partial charge in [-0.1, -0.05) is 77.9 Å². The lowest BCUT2D eigenvalue weighted by molar-refractivity contribution is 0.912. The van der Waals surface area contributed by atoms with Crippen LogP contribution in [0.15, 0.2) is 91.0 Å². The lowest BCUT2D eigenvalue weighted by Gasteiger charge is -2.26. The molecule has 1 nitrogen and oxygen atoms in total. The van der Waals surface area contributed by atoms with E-state index in [2.05, 4.69) is 122 Å². The van der Waals surface area contributed by atoms with Crippen molar-refractivity contribution in [2.45, 2.75) is 33.1 Å². The van der Waals surface area contributed by atoms with Crippen LogP contribution >= 0.6 is 0 Å². The average Bonchev–Trinajstić information content (AvgIpc) is 3.29. The largest absolute Gasteiger partial charge is 0.310 e. The molecule has 1 aliphatic carbocycles. The van der Waals surface area contributed by atoms with Gasteiger partial charge in [0.2, 0.25) is 0 Å². The number of hydrogen-bond acceptors (Lipinski definition) is 1. The van der Waals surface area contributed by atoms with Crippen LogP contribution in [-0.2, 0) is 12.8 Å². The molecule has 0 heterocycles. The van der Waals surface area contributed by atoms with E-state index in [9.17, 15) is 0 Å². The van der Waals surface area contributed by atoms with Crippen LogP contribution in [0.25, 0.3) is 12.2 Å². The summed E-state index contributed by atoms with van der Waals surface area (Å²) in [6, 6.07) is 33.3. The third-order valence-corrected chi connectivity index (χ3v) is 6.33. The second-order valence-electron chi connectivity index (χ2n) is 8.81. The second-order valence-corrected chi connectivity index (χ2v) is 8.81. The van der Waals surface area contributed by atoms with Gasteiger partial charge in [-0.2, -0.15) is 0 Å². The van der Waals surface area contributed by atoms with Crippen molar-refractivity contribution < 1.29 is 0 Å². The number of nitrogens with zero attached hydrogens (tertiary/aromatic N) is 1. The van der Waals surface area contributed by atoms with E-state index in [0.717, 1.165) is 0 Å². The molecule has 4 aromatic carbocycles. The highest BCUT2D eigenvalue weighted by Gasteiger charge is 2.16. The smallest absolute Gasteiger partial charge is 0.0464 e. The molecule has 0 saturated carbocycles. The van der Waals surface area contributed by atoms with Crippen molar-refractivity contribution in [2.24, 2.45) is 0 Å². The van der Waals surface area contributed by atoms with Crippen molar-refractivity contribution in [3.8, 4) is 0 Å². The second kappa shape index (κ2) is 8.88. The molecule has 0 aliphatic heterocycles. The summed E-state index contributed by atoms with van der Waals surface area (Å²) >= 11 is 0. The van der Waals surface area contributed by atoms with E-state index in [0.29, 0.717) is 0 Å². The highest BCUT2D eigenvalue weighted by Crippen LogP contribution is 2.37. The molecule has 5 rings (SSSR count). The molecule has 0 saturated heterocycles. The molecule has 0 bridgehead atoms. The highest BCUT2D eigenvalue weighted by molar-refractivity contribution is 5.78. The summed E-state index contributed by atoms with van der Waals surface area (Å²) in [7, 11) is 0. The van der Waals surface area contributed by atoms with E-state index in [1.54, 1.807) is 0 Å². The van der Waals surface area contributed by atoms with Crippen molar-refractivity contribution in [2.75, 3.05) is 4.90 Å². The molecule has 1 heteroatoms. The molecule has 1 aliphatic rings. The van der Waals surface area contributed by atoms with Crippen LogP contribution in [-0.4, -0.2) is 0 Å². The minimum atomic E-state index is 1.18. The lowest BCUT2D eigenvalue weighted by atomic mass is 10.1. The van der Waals surface area contributed by atoms with Gasteiger partial charge in [0.15, 0.2) is 0 Å². The van der Waals surface area contributed by atoms with Gasteiger partial charge in [0, 0.05) is 17.1 Å². The van der Waals surface area contributed by atoms with E-state index in [1.807, 2.05) is 0 Å². The Balaban J connectivity index is 1.47. The fourth-order valence-electron chi connectivity index (χ4n) is 4.44. The van der Waals surface area contributed by atoms with Crippen LogP contribution in [0.5, 0.6) is 0 Å². The molecule has 0 N–H and O–H groups in total. The standard InChI is InChI=1S/C31H29N/c1-23-6-10-25(11-7-23)12-13-26-14-19-30(20-15-26)32(29-17-8-24(2)9-18-29)31-21-16-27-4-3-5-28(27)22-31/h6-22H,3-5H2,1-2H3. The zero-order valence-corrected chi connectivity index (χ0v) is 18.9. The average molecular weight is 416 g/mol. The number of fused-ring (bicyclic) bond motifs is 1. The first-order valence-corrected chi connectivity index (χ1v) is 11.5. The number of hydrogen-bond donors (Lipinski definition) is 0. The maximum absolute atomic E-state index is 2.38. The monoisotopic (exact) mass is 415 g/mol. The molecule has 0 unspecified atom stereocenters. The van der Waals surface area contributed by atoms with E-state index < -0.39 is 0 Å². The molecule has 158 valence electrons. The van der Waals surface area contributed by atoms with Crippen molar-refractivity contribution in [1.29, 1.82) is 0 Å². The fraction of sp³-hybridized carbons (Fsp3) is 0.161. The van der Waals surface area contributed by atoms with Gasteiger partial charge in [0.1, 0.15) is 0 Å². The molecule has 0 spiro atoms. The van der Waals surface area contributed by atoms with Gasteiger partial charge in [-0.3, -0.25) is 0 Å². The Kier molecular flexibility index (Phi) is 5.64. The Hall–Kier alpha value is -3.58. The molecule has 0 aromatic heterocycles. The molecular weight excluding hydrogens is 386 g/mol. The minimum Gasteiger partial charge on any atom is -0.310 e. The number of anilines is 3. The molecule has 4 aromatic rings. The summed E-state index contributed by atoms with van der Waals surface area (Å²) in [6.07, 6.45) is 8.02. The first-order chi connectivity index (χ1) is 15.7. The summed E-state index contributed by atoms with van der Waals surface area (Å²) in [5.41, 5.74) is 11.6. The Labute approximate surface area is 191 Å². The van der Waals surface area contributed by atoms with E-state index in [-0.39, 0.29) is 0 Å². The summed E-state index contributed by atoms with van der Waals surface area (Å²) in [4.78, 5) is 2.37. The van der Waals surface area contributed by atoms with Crippen LogP contribution in [0, 0.1) is 13.8 Å². The van der Waals surface area contributed by atoms with E-state index >= 15 is 0 Å². The van der Waals surface area contributed by atoms with Crippen molar-refractivity contribution in [3.05, 3.63) is 124 Å². The van der Waals surface area contributed by atoms with Crippen LogP contribution in [0.3, 0.4) is 0 Å². The summed E-state index contributed by atoms with van der Waals surface area (Å²) in [6.45, 7) is 4.26. The van der Waals surface area contributed by atoms with Gasteiger partial charge in [-0.05, 0) is 91.8 Å². The van der Waals surface area contributed by atoms with Gasteiger partial charge >= 0.3 is 0 Å². The van der Waals surface area contributed by atoms with Gasteiger partial charge in [0.05, 0.1) is 0 Å².